The molecule has 3 N–H and O–H groups in total. The highest BCUT2D eigenvalue weighted by Crippen LogP contribution is 2.20. The normalized spacial score (nSPS) is 10.2. The van der Waals surface area contributed by atoms with Gasteiger partial charge in [0, 0.05) is 28.0 Å². The van der Waals surface area contributed by atoms with Gasteiger partial charge in [0.2, 0.25) is 5.91 Å². The lowest BCUT2D eigenvalue weighted by Gasteiger charge is -2.10. The number of rotatable bonds is 7. The highest BCUT2D eigenvalue weighted by atomic mass is 79.9. The highest BCUT2D eigenvalue weighted by molar-refractivity contribution is 9.10. The first-order chi connectivity index (χ1) is 13.6. The number of carbonyl (C=O) groups is 2. The molecule has 0 saturated heterocycles. The van der Waals surface area contributed by atoms with Crippen LogP contribution in [-0.4, -0.2) is 18.4 Å². The fourth-order valence-corrected chi connectivity index (χ4v) is 3.00. The molecule has 5 nitrogen and oxygen atoms in total. The van der Waals surface area contributed by atoms with Crippen molar-refractivity contribution in [3.63, 3.8) is 0 Å². The SMILES string of the molecule is O=C(CNc1ccccc1Br)Nc1ccc(C(=O)NCc2ccccc2)cc1. The number of halogens is 1. The molecule has 28 heavy (non-hydrogen) atoms. The molecule has 0 aromatic heterocycles. The summed E-state index contributed by atoms with van der Waals surface area (Å²) in [5, 5.41) is 8.76. The first-order valence-corrected chi connectivity index (χ1v) is 9.61. The van der Waals surface area contributed by atoms with Gasteiger partial charge in [-0.15, -0.1) is 0 Å². The lowest BCUT2D eigenvalue weighted by atomic mass is 10.1. The Balaban J connectivity index is 1.49. The van der Waals surface area contributed by atoms with Crippen LogP contribution in [0.15, 0.2) is 83.3 Å². The third-order valence-electron chi connectivity index (χ3n) is 4.04. The average Bonchev–Trinajstić information content (AvgIpc) is 2.73. The summed E-state index contributed by atoms with van der Waals surface area (Å²) in [4.78, 5) is 24.3. The molecule has 0 fully saturated rings. The minimum Gasteiger partial charge on any atom is -0.375 e. The maximum atomic E-state index is 12.2. The molecule has 6 heteroatoms. The molecule has 0 aliphatic rings. The Bertz CT molecular complexity index is 944. The first kappa shape index (κ1) is 19.6. The van der Waals surface area contributed by atoms with Gasteiger partial charge in [-0.05, 0) is 57.9 Å². The molecule has 0 heterocycles. The molecule has 0 spiro atoms. The predicted molar refractivity (Wildman–Crippen MR) is 115 cm³/mol. The van der Waals surface area contributed by atoms with Crippen LogP contribution in [0.2, 0.25) is 0 Å². The number of amides is 2. The molecule has 0 atom stereocenters. The number of para-hydroxylation sites is 1. The number of carbonyl (C=O) groups excluding carboxylic acids is 2. The van der Waals surface area contributed by atoms with E-state index < -0.39 is 0 Å². The van der Waals surface area contributed by atoms with Gasteiger partial charge in [-0.25, -0.2) is 0 Å². The molecule has 0 aliphatic carbocycles. The fraction of sp³-hybridized carbons (Fsp3) is 0.0909. The molecular weight excluding hydrogens is 418 g/mol. The summed E-state index contributed by atoms with van der Waals surface area (Å²) < 4.78 is 0.897. The van der Waals surface area contributed by atoms with E-state index in [0.29, 0.717) is 17.8 Å². The van der Waals surface area contributed by atoms with Crippen LogP contribution in [0.4, 0.5) is 11.4 Å². The number of hydrogen-bond acceptors (Lipinski definition) is 3. The highest BCUT2D eigenvalue weighted by Gasteiger charge is 2.07. The first-order valence-electron chi connectivity index (χ1n) is 8.82. The summed E-state index contributed by atoms with van der Waals surface area (Å²) in [5.74, 6) is -0.325. The van der Waals surface area contributed by atoms with E-state index in [1.54, 1.807) is 24.3 Å². The number of benzene rings is 3. The maximum absolute atomic E-state index is 12.2. The maximum Gasteiger partial charge on any atom is 0.251 e. The molecule has 0 aliphatic heterocycles. The van der Waals surface area contributed by atoms with Gasteiger partial charge in [-0.2, -0.15) is 0 Å². The fourth-order valence-electron chi connectivity index (χ4n) is 2.57. The third kappa shape index (κ3) is 5.69. The van der Waals surface area contributed by atoms with Crippen molar-refractivity contribution in [2.75, 3.05) is 17.2 Å². The van der Waals surface area contributed by atoms with Gasteiger partial charge in [0.15, 0.2) is 0 Å². The van der Waals surface area contributed by atoms with E-state index in [-0.39, 0.29) is 18.4 Å². The quantitative estimate of drug-likeness (QED) is 0.511. The van der Waals surface area contributed by atoms with Crippen LogP contribution in [0, 0.1) is 0 Å². The van der Waals surface area contributed by atoms with E-state index in [2.05, 4.69) is 31.9 Å². The van der Waals surface area contributed by atoms with E-state index in [4.69, 9.17) is 0 Å². The second kappa shape index (κ2) is 9.71. The summed E-state index contributed by atoms with van der Waals surface area (Å²) in [6, 6.07) is 24.1. The van der Waals surface area contributed by atoms with Crippen molar-refractivity contribution < 1.29 is 9.59 Å². The summed E-state index contributed by atoms with van der Waals surface area (Å²) >= 11 is 3.43. The third-order valence-corrected chi connectivity index (χ3v) is 4.73. The minimum atomic E-state index is -0.169. The van der Waals surface area contributed by atoms with Crippen molar-refractivity contribution in [3.8, 4) is 0 Å². The van der Waals surface area contributed by atoms with Gasteiger partial charge >= 0.3 is 0 Å². The molecule has 0 bridgehead atoms. The minimum absolute atomic E-state index is 0.141. The van der Waals surface area contributed by atoms with Crippen LogP contribution in [0.1, 0.15) is 15.9 Å². The van der Waals surface area contributed by atoms with Crippen LogP contribution < -0.4 is 16.0 Å². The molecule has 142 valence electrons. The Morgan fingerprint density at radius 1 is 0.821 bits per heavy atom. The Labute approximate surface area is 172 Å². The zero-order valence-corrected chi connectivity index (χ0v) is 16.7. The summed E-state index contributed by atoms with van der Waals surface area (Å²) in [5.41, 5.74) is 3.07. The monoisotopic (exact) mass is 437 g/mol. The van der Waals surface area contributed by atoms with E-state index in [1.807, 2.05) is 54.6 Å². The van der Waals surface area contributed by atoms with E-state index in [1.165, 1.54) is 0 Å². The Morgan fingerprint density at radius 3 is 2.21 bits per heavy atom. The molecule has 3 rings (SSSR count). The topological polar surface area (TPSA) is 70.2 Å². The van der Waals surface area contributed by atoms with Crippen LogP contribution in [0.5, 0.6) is 0 Å². The molecule has 0 unspecified atom stereocenters. The van der Waals surface area contributed by atoms with Crippen LogP contribution in [0.25, 0.3) is 0 Å². The van der Waals surface area contributed by atoms with Crippen molar-refractivity contribution in [2.24, 2.45) is 0 Å². The van der Waals surface area contributed by atoms with Gasteiger partial charge in [-0.1, -0.05) is 42.5 Å². The Morgan fingerprint density at radius 2 is 1.50 bits per heavy atom. The zero-order valence-electron chi connectivity index (χ0n) is 15.1. The second-order valence-corrected chi connectivity index (χ2v) is 6.98. The largest absolute Gasteiger partial charge is 0.375 e. The summed E-state index contributed by atoms with van der Waals surface area (Å²) in [6.45, 7) is 0.612. The standard InChI is InChI=1S/C22H20BrN3O2/c23-19-8-4-5-9-20(19)24-15-21(27)26-18-12-10-17(11-13-18)22(28)25-14-16-6-2-1-3-7-16/h1-13,24H,14-15H2,(H,25,28)(H,26,27). The zero-order chi connectivity index (χ0) is 19.8. The van der Waals surface area contributed by atoms with Crippen LogP contribution in [0.3, 0.4) is 0 Å². The van der Waals surface area contributed by atoms with Gasteiger partial charge in [0.05, 0.1) is 6.54 Å². The van der Waals surface area contributed by atoms with Gasteiger partial charge in [0.1, 0.15) is 0 Å². The average molecular weight is 438 g/mol. The van der Waals surface area contributed by atoms with Crippen molar-refractivity contribution in [2.45, 2.75) is 6.54 Å². The predicted octanol–water partition coefficient (Wildman–Crippen LogP) is 4.43. The number of anilines is 2. The summed E-state index contributed by atoms with van der Waals surface area (Å²) in [7, 11) is 0. The molecule has 3 aromatic carbocycles. The van der Waals surface area contributed by atoms with E-state index in [9.17, 15) is 9.59 Å². The number of nitrogens with one attached hydrogen (secondary N) is 3. The number of hydrogen-bond donors (Lipinski definition) is 3. The Hall–Kier alpha value is -3.12. The smallest absolute Gasteiger partial charge is 0.251 e. The van der Waals surface area contributed by atoms with Gasteiger partial charge < -0.3 is 16.0 Å². The van der Waals surface area contributed by atoms with Gasteiger partial charge in [0.25, 0.3) is 5.91 Å². The molecule has 3 aromatic rings. The van der Waals surface area contributed by atoms with Crippen molar-refractivity contribution in [3.05, 3.63) is 94.5 Å². The van der Waals surface area contributed by atoms with E-state index in [0.717, 1.165) is 15.7 Å². The lowest BCUT2D eigenvalue weighted by Crippen LogP contribution is -2.23. The second-order valence-electron chi connectivity index (χ2n) is 6.13. The lowest BCUT2D eigenvalue weighted by molar-refractivity contribution is -0.114. The van der Waals surface area contributed by atoms with Gasteiger partial charge in [-0.3, -0.25) is 9.59 Å². The summed E-state index contributed by atoms with van der Waals surface area (Å²) in [6.07, 6.45) is 0. The molecule has 2 amide bonds. The Kier molecular flexibility index (Phi) is 6.81. The van der Waals surface area contributed by atoms with Crippen molar-refractivity contribution in [1.82, 2.24) is 5.32 Å². The van der Waals surface area contributed by atoms with Crippen LogP contribution in [-0.2, 0) is 11.3 Å². The molecular formula is C22H20BrN3O2. The van der Waals surface area contributed by atoms with Crippen LogP contribution >= 0.6 is 15.9 Å². The van der Waals surface area contributed by atoms with E-state index >= 15 is 0 Å². The van der Waals surface area contributed by atoms with Crippen molar-refractivity contribution in [1.29, 1.82) is 0 Å². The molecule has 0 saturated carbocycles. The van der Waals surface area contributed by atoms with Crippen molar-refractivity contribution >= 4 is 39.1 Å². The molecule has 0 radical (unpaired) electrons.